The molecule has 3 aromatic rings. The molecule has 2 heterocycles. The van der Waals surface area contributed by atoms with Crippen molar-refractivity contribution in [2.75, 3.05) is 0 Å². The molecule has 0 atom stereocenters. The van der Waals surface area contributed by atoms with E-state index in [0.29, 0.717) is 5.39 Å². The summed E-state index contributed by atoms with van der Waals surface area (Å²) < 4.78 is 10.1. The second-order valence-corrected chi connectivity index (χ2v) is 4.38. The minimum absolute atomic E-state index is 0.0370. The lowest BCUT2D eigenvalue weighted by atomic mass is 10.1. The summed E-state index contributed by atoms with van der Waals surface area (Å²) in [5.74, 6) is -1.45. The van der Waals surface area contributed by atoms with Crippen molar-refractivity contribution < 1.29 is 18.7 Å². The highest BCUT2D eigenvalue weighted by atomic mass is 16.4. The van der Waals surface area contributed by atoms with Crippen LogP contribution in [0.4, 0.5) is 0 Å². The Morgan fingerprint density at radius 2 is 1.80 bits per heavy atom. The van der Waals surface area contributed by atoms with Gasteiger partial charge in [0.05, 0.1) is 5.39 Å². The SMILES string of the molecule is Cc1ccc2oc(=O)c3cc(C(=O)O)c(=O)oc3c2c1. The number of rotatable bonds is 1. The van der Waals surface area contributed by atoms with Gasteiger partial charge in [0.2, 0.25) is 0 Å². The lowest BCUT2D eigenvalue weighted by Crippen LogP contribution is -2.15. The molecule has 1 N–H and O–H groups in total. The maximum Gasteiger partial charge on any atom is 0.351 e. The molecule has 6 heteroatoms. The van der Waals surface area contributed by atoms with Gasteiger partial charge in [0.25, 0.3) is 0 Å². The third-order valence-electron chi connectivity index (χ3n) is 2.98. The van der Waals surface area contributed by atoms with Crippen LogP contribution >= 0.6 is 0 Å². The predicted molar refractivity (Wildman–Crippen MR) is 70.2 cm³/mol. The second kappa shape index (κ2) is 4.06. The first-order valence-electron chi connectivity index (χ1n) is 5.72. The molecule has 0 saturated heterocycles. The summed E-state index contributed by atoms with van der Waals surface area (Å²) in [6.07, 6.45) is 0. The molecule has 3 rings (SSSR count). The average Bonchev–Trinajstić information content (AvgIpc) is 2.39. The molecule has 0 bridgehead atoms. The Kier molecular flexibility index (Phi) is 2.47. The zero-order chi connectivity index (χ0) is 14.4. The first-order valence-corrected chi connectivity index (χ1v) is 5.72. The topological polar surface area (TPSA) is 97.7 Å². The van der Waals surface area contributed by atoms with E-state index in [0.717, 1.165) is 11.6 Å². The van der Waals surface area contributed by atoms with Crippen LogP contribution in [0.25, 0.3) is 21.9 Å². The Hall–Kier alpha value is -2.89. The van der Waals surface area contributed by atoms with Crippen molar-refractivity contribution in [1.82, 2.24) is 0 Å². The van der Waals surface area contributed by atoms with E-state index >= 15 is 0 Å². The van der Waals surface area contributed by atoms with E-state index in [1.54, 1.807) is 18.2 Å². The fraction of sp³-hybridized carbons (Fsp3) is 0.0714. The lowest BCUT2D eigenvalue weighted by molar-refractivity contribution is 0.0692. The molecule has 0 unspecified atom stereocenters. The molecular formula is C14H8O6. The first kappa shape index (κ1) is 12.2. The third-order valence-corrected chi connectivity index (χ3v) is 2.98. The van der Waals surface area contributed by atoms with Gasteiger partial charge in [-0.1, -0.05) is 11.6 Å². The molecule has 0 fully saturated rings. The van der Waals surface area contributed by atoms with E-state index in [9.17, 15) is 14.4 Å². The molecule has 2 aromatic heterocycles. The molecular weight excluding hydrogens is 264 g/mol. The fourth-order valence-corrected chi connectivity index (χ4v) is 2.04. The number of carboxylic acids is 1. The predicted octanol–water partition coefficient (Wildman–Crippen LogP) is 1.91. The summed E-state index contributed by atoms with van der Waals surface area (Å²) in [7, 11) is 0. The molecule has 0 aliphatic carbocycles. The van der Waals surface area contributed by atoms with Crippen LogP contribution in [-0.4, -0.2) is 11.1 Å². The molecule has 0 spiro atoms. The Bertz CT molecular complexity index is 977. The summed E-state index contributed by atoms with van der Waals surface area (Å²) in [4.78, 5) is 34.4. The summed E-state index contributed by atoms with van der Waals surface area (Å²) in [6.45, 7) is 1.83. The molecule has 0 saturated carbocycles. The van der Waals surface area contributed by atoms with Crippen molar-refractivity contribution in [3.63, 3.8) is 0 Å². The van der Waals surface area contributed by atoms with Crippen molar-refractivity contribution in [3.05, 3.63) is 56.2 Å². The Morgan fingerprint density at radius 1 is 1.05 bits per heavy atom. The van der Waals surface area contributed by atoms with Gasteiger partial charge in [-0.25, -0.2) is 14.4 Å². The average molecular weight is 272 g/mol. The Morgan fingerprint density at radius 3 is 2.50 bits per heavy atom. The van der Waals surface area contributed by atoms with Gasteiger partial charge in [0.1, 0.15) is 16.5 Å². The number of hydrogen-bond donors (Lipinski definition) is 1. The van der Waals surface area contributed by atoms with E-state index in [1.807, 2.05) is 6.92 Å². The van der Waals surface area contributed by atoms with Crippen molar-refractivity contribution in [2.45, 2.75) is 6.92 Å². The fourth-order valence-electron chi connectivity index (χ4n) is 2.04. The van der Waals surface area contributed by atoms with Crippen LogP contribution in [0.1, 0.15) is 15.9 Å². The molecule has 0 aliphatic heterocycles. The minimum atomic E-state index is -1.45. The van der Waals surface area contributed by atoms with E-state index in [-0.39, 0.29) is 16.6 Å². The summed E-state index contributed by atoms with van der Waals surface area (Å²) in [5.41, 5.74) is -1.15. The van der Waals surface area contributed by atoms with Crippen LogP contribution in [0, 0.1) is 6.92 Å². The third kappa shape index (κ3) is 1.70. The highest BCUT2D eigenvalue weighted by Gasteiger charge is 2.17. The number of fused-ring (bicyclic) bond motifs is 3. The smallest absolute Gasteiger partial charge is 0.351 e. The monoisotopic (exact) mass is 272 g/mol. The van der Waals surface area contributed by atoms with Gasteiger partial charge in [-0.05, 0) is 25.1 Å². The maximum absolute atomic E-state index is 11.8. The van der Waals surface area contributed by atoms with Crippen LogP contribution in [0.3, 0.4) is 0 Å². The van der Waals surface area contributed by atoms with Crippen LogP contribution in [0.5, 0.6) is 0 Å². The van der Waals surface area contributed by atoms with Gasteiger partial charge in [0, 0.05) is 0 Å². The van der Waals surface area contributed by atoms with Gasteiger partial charge >= 0.3 is 17.2 Å². The normalized spacial score (nSPS) is 11.1. The maximum atomic E-state index is 11.8. The van der Waals surface area contributed by atoms with Gasteiger partial charge < -0.3 is 13.9 Å². The second-order valence-electron chi connectivity index (χ2n) is 4.38. The van der Waals surface area contributed by atoms with E-state index < -0.39 is 22.8 Å². The highest BCUT2D eigenvalue weighted by molar-refractivity contribution is 6.02. The summed E-state index contributed by atoms with van der Waals surface area (Å²) in [5, 5.41) is 9.26. The van der Waals surface area contributed by atoms with Gasteiger partial charge in [-0.15, -0.1) is 0 Å². The van der Waals surface area contributed by atoms with Gasteiger partial charge in [-0.2, -0.15) is 0 Å². The Labute approximate surface area is 110 Å². The van der Waals surface area contributed by atoms with Crippen molar-refractivity contribution in [1.29, 1.82) is 0 Å². The molecule has 6 nitrogen and oxygen atoms in total. The van der Waals surface area contributed by atoms with E-state index in [2.05, 4.69) is 0 Å². The molecule has 100 valence electrons. The van der Waals surface area contributed by atoms with Crippen molar-refractivity contribution >= 4 is 27.9 Å². The molecule has 0 radical (unpaired) electrons. The quantitative estimate of drug-likeness (QED) is 0.536. The lowest BCUT2D eigenvalue weighted by Gasteiger charge is -2.02. The van der Waals surface area contributed by atoms with Crippen LogP contribution in [0.2, 0.25) is 0 Å². The number of benzene rings is 1. The first-order chi connectivity index (χ1) is 9.47. The molecule has 1 aromatic carbocycles. The molecule has 20 heavy (non-hydrogen) atoms. The van der Waals surface area contributed by atoms with Crippen molar-refractivity contribution in [3.8, 4) is 0 Å². The number of aromatic carboxylic acids is 1. The zero-order valence-corrected chi connectivity index (χ0v) is 10.3. The largest absolute Gasteiger partial charge is 0.477 e. The molecule has 0 amide bonds. The van der Waals surface area contributed by atoms with Crippen LogP contribution < -0.4 is 11.3 Å². The van der Waals surface area contributed by atoms with Crippen LogP contribution in [0.15, 0.2) is 42.7 Å². The zero-order valence-electron chi connectivity index (χ0n) is 10.3. The number of carboxylic acid groups (broad SMARTS) is 1. The standard InChI is InChI=1S/C14H8O6/c1-6-2-3-10-7(4-6)11-8(13(17)19-10)5-9(12(15)16)14(18)20-11/h2-5H,1H3,(H,15,16). The van der Waals surface area contributed by atoms with E-state index in [4.69, 9.17) is 13.9 Å². The van der Waals surface area contributed by atoms with Gasteiger partial charge in [0.15, 0.2) is 5.58 Å². The van der Waals surface area contributed by atoms with E-state index in [1.165, 1.54) is 0 Å². The Balaban J connectivity index is 2.59. The number of carbonyl (C=O) groups is 1. The number of aryl methyl sites for hydroxylation is 1. The summed E-state index contributed by atoms with van der Waals surface area (Å²) in [6, 6.07) is 6.03. The minimum Gasteiger partial charge on any atom is -0.477 e. The number of hydrogen-bond acceptors (Lipinski definition) is 5. The summed E-state index contributed by atoms with van der Waals surface area (Å²) >= 11 is 0. The molecule has 0 aliphatic rings. The highest BCUT2D eigenvalue weighted by Crippen LogP contribution is 2.23. The van der Waals surface area contributed by atoms with Gasteiger partial charge in [-0.3, -0.25) is 0 Å². The van der Waals surface area contributed by atoms with Crippen molar-refractivity contribution in [2.24, 2.45) is 0 Å². The van der Waals surface area contributed by atoms with Crippen LogP contribution in [-0.2, 0) is 0 Å².